The molecule has 116 valence electrons. The summed E-state index contributed by atoms with van der Waals surface area (Å²) in [6, 6.07) is 9.75. The van der Waals surface area contributed by atoms with E-state index >= 15 is 0 Å². The van der Waals surface area contributed by atoms with Gasteiger partial charge in [0.05, 0.1) is 6.54 Å². The fourth-order valence-electron chi connectivity index (χ4n) is 3.00. The van der Waals surface area contributed by atoms with E-state index in [1.165, 1.54) is 5.56 Å². The van der Waals surface area contributed by atoms with Crippen LogP contribution in [0.15, 0.2) is 30.3 Å². The predicted molar refractivity (Wildman–Crippen MR) is 81.4 cm³/mol. The van der Waals surface area contributed by atoms with Crippen LogP contribution in [0.3, 0.4) is 0 Å². The average molecular weight is 300 g/mol. The van der Waals surface area contributed by atoms with Gasteiger partial charge in [0.1, 0.15) is 17.7 Å². The highest BCUT2D eigenvalue weighted by molar-refractivity contribution is 5.73. The van der Waals surface area contributed by atoms with Crippen molar-refractivity contribution in [1.29, 1.82) is 0 Å². The topological polar surface area (TPSA) is 71.2 Å². The summed E-state index contributed by atoms with van der Waals surface area (Å²) in [5.41, 5.74) is 1.21. The minimum Gasteiger partial charge on any atom is -0.480 e. The summed E-state index contributed by atoms with van der Waals surface area (Å²) < 4.78 is 2.12. The van der Waals surface area contributed by atoms with Crippen molar-refractivity contribution in [3.8, 4) is 0 Å². The first-order valence-electron chi connectivity index (χ1n) is 7.60. The van der Waals surface area contributed by atoms with Crippen LogP contribution >= 0.6 is 0 Å². The Bertz CT molecular complexity index is 653. The highest BCUT2D eigenvalue weighted by atomic mass is 16.4. The van der Waals surface area contributed by atoms with E-state index in [1.54, 1.807) is 0 Å². The van der Waals surface area contributed by atoms with Crippen molar-refractivity contribution in [3.63, 3.8) is 0 Å². The van der Waals surface area contributed by atoms with Crippen LogP contribution in [0.1, 0.15) is 30.6 Å². The molecule has 1 aromatic carbocycles. The van der Waals surface area contributed by atoms with Crippen molar-refractivity contribution < 1.29 is 9.90 Å². The Hall–Kier alpha value is -2.21. The molecule has 6 heteroatoms. The van der Waals surface area contributed by atoms with E-state index < -0.39 is 12.0 Å². The van der Waals surface area contributed by atoms with Gasteiger partial charge < -0.3 is 9.67 Å². The third kappa shape index (κ3) is 2.87. The number of carbonyl (C=O) groups is 1. The Kier molecular flexibility index (Phi) is 4.20. The van der Waals surface area contributed by atoms with E-state index in [9.17, 15) is 9.90 Å². The van der Waals surface area contributed by atoms with Crippen molar-refractivity contribution in [3.05, 3.63) is 47.5 Å². The van der Waals surface area contributed by atoms with Crippen molar-refractivity contribution in [2.75, 3.05) is 6.54 Å². The van der Waals surface area contributed by atoms with Crippen LogP contribution in [0, 0.1) is 0 Å². The Morgan fingerprint density at radius 1 is 1.27 bits per heavy atom. The second-order valence-electron chi connectivity index (χ2n) is 5.58. The molecule has 6 nitrogen and oxygen atoms in total. The van der Waals surface area contributed by atoms with Gasteiger partial charge in [-0.15, -0.1) is 10.2 Å². The molecule has 0 aliphatic carbocycles. The van der Waals surface area contributed by atoms with Crippen LogP contribution in [0.25, 0.3) is 0 Å². The fraction of sp³-hybridized carbons (Fsp3) is 0.438. The van der Waals surface area contributed by atoms with Crippen LogP contribution in [-0.2, 0) is 24.3 Å². The molecular weight excluding hydrogens is 280 g/mol. The van der Waals surface area contributed by atoms with E-state index in [-0.39, 0.29) is 0 Å². The summed E-state index contributed by atoms with van der Waals surface area (Å²) in [4.78, 5) is 13.3. The Labute approximate surface area is 129 Å². The highest BCUT2D eigenvalue weighted by Crippen LogP contribution is 2.18. The summed E-state index contributed by atoms with van der Waals surface area (Å²) in [6.07, 6.45) is 1.35. The Balaban J connectivity index is 1.76. The SMILES string of the molecule is CCC(C(=O)O)N1CCn2c(Cc3ccccc3)nnc2C1. The van der Waals surface area contributed by atoms with Crippen LogP contribution in [0.4, 0.5) is 0 Å². The number of carboxylic acid groups (broad SMARTS) is 1. The van der Waals surface area contributed by atoms with E-state index in [1.807, 2.05) is 30.0 Å². The zero-order valence-electron chi connectivity index (χ0n) is 12.6. The molecule has 3 rings (SSSR count). The summed E-state index contributed by atoms with van der Waals surface area (Å²) in [5.74, 6) is 1.04. The number of hydrogen-bond donors (Lipinski definition) is 1. The highest BCUT2D eigenvalue weighted by Gasteiger charge is 2.29. The molecule has 0 radical (unpaired) electrons. The number of nitrogens with zero attached hydrogens (tertiary/aromatic N) is 4. The van der Waals surface area contributed by atoms with Crippen LogP contribution in [-0.4, -0.2) is 43.3 Å². The summed E-state index contributed by atoms with van der Waals surface area (Å²) in [7, 11) is 0. The molecule has 22 heavy (non-hydrogen) atoms. The third-order valence-corrected chi connectivity index (χ3v) is 4.18. The van der Waals surface area contributed by atoms with Gasteiger partial charge >= 0.3 is 5.97 Å². The number of hydrogen-bond acceptors (Lipinski definition) is 4. The van der Waals surface area contributed by atoms with Crippen molar-refractivity contribution in [2.24, 2.45) is 0 Å². The van der Waals surface area contributed by atoms with Crippen molar-refractivity contribution >= 4 is 5.97 Å². The molecule has 1 N–H and O–H groups in total. The minimum atomic E-state index is -0.764. The third-order valence-electron chi connectivity index (χ3n) is 4.18. The quantitative estimate of drug-likeness (QED) is 0.907. The molecule has 1 unspecified atom stereocenters. The van der Waals surface area contributed by atoms with Crippen LogP contribution in [0.2, 0.25) is 0 Å². The lowest BCUT2D eigenvalue weighted by molar-refractivity contribution is -0.144. The molecule has 1 aliphatic heterocycles. The zero-order valence-corrected chi connectivity index (χ0v) is 12.6. The lowest BCUT2D eigenvalue weighted by Crippen LogP contribution is -2.45. The predicted octanol–water partition coefficient (Wildman–Crippen LogP) is 1.55. The lowest BCUT2D eigenvalue weighted by atomic mass is 10.1. The summed E-state index contributed by atoms with van der Waals surface area (Å²) in [6.45, 7) is 3.91. The molecule has 0 fully saturated rings. The second kappa shape index (κ2) is 6.27. The monoisotopic (exact) mass is 300 g/mol. The summed E-state index contributed by atoms with van der Waals surface area (Å²) >= 11 is 0. The average Bonchev–Trinajstić information content (AvgIpc) is 2.91. The first-order valence-corrected chi connectivity index (χ1v) is 7.60. The normalized spacial score (nSPS) is 16.2. The number of fused-ring (bicyclic) bond motifs is 1. The Morgan fingerprint density at radius 2 is 2.05 bits per heavy atom. The van der Waals surface area contributed by atoms with Gasteiger partial charge in [-0.05, 0) is 12.0 Å². The zero-order chi connectivity index (χ0) is 15.5. The van der Waals surface area contributed by atoms with Gasteiger partial charge in [0.25, 0.3) is 0 Å². The largest absolute Gasteiger partial charge is 0.480 e. The molecule has 0 saturated heterocycles. The molecule has 1 atom stereocenters. The van der Waals surface area contributed by atoms with Gasteiger partial charge in [0.2, 0.25) is 0 Å². The number of aliphatic carboxylic acids is 1. The van der Waals surface area contributed by atoms with Gasteiger partial charge in [-0.3, -0.25) is 9.69 Å². The number of rotatable bonds is 5. The maximum atomic E-state index is 11.3. The van der Waals surface area contributed by atoms with Gasteiger partial charge in [0, 0.05) is 19.5 Å². The number of benzene rings is 1. The van der Waals surface area contributed by atoms with E-state index in [0.29, 0.717) is 13.0 Å². The molecule has 0 amide bonds. The van der Waals surface area contributed by atoms with E-state index in [4.69, 9.17) is 0 Å². The smallest absolute Gasteiger partial charge is 0.320 e. The molecule has 2 heterocycles. The molecule has 1 aliphatic rings. The number of carboxylic acids is 1. The second-order valence-corrected chi connectivity index (χ2v) is 5.58. The first-order chi connectivity index (χ1) is 10.7. The van der Waals surface area contributed by atoms with Gasteiger partial charge in [-0.1, -0.05) is 37.3 Å². The van der Waals surface area contributed by atoms with Crippen LogP contribution in [0.5, 0.6) is 0 Å². The Morgan fingerprint density at radius 3 is 2.73 bits per heavy atom. The maximum Gasteiger partial charge on any atom is 0.320 e. The van der Waals surface area contributed by atoms with Crippen molar-refractivity contribution in [1.82, 2.24) is 19.7 Å². The first kappa shape index (κ1) is 14.7. The molecule has 0 saturated carbocycles. The standard InChI is InChI=1S/C16H20N4O2/c1-2-13(16(21)22)19-8-9-20-14(17-18-15(20)11-19)10-12-6-4-3-5-7-12/h3-7,13H,2,8-11H2,1H3,(H,21,22). The molecular formula is C16H20N4O2. The minimum absolute atomic E-state index is 0.442. The fourth-order valence-corrected chi connectivity index (χ4v) is 3.00. The summed E-state index contributed by atoms with van der Waals surface area (Å²) in [5, 5.41) is 17.8. The molecule has 2 aromatic rings. The maximum absolute atomic E-state index is 11.3. The lowest BCUT2D eigenvalue weighted by Gasteiger charge is -2.31. The molecule has 0 spiro atoms. The van der Waals surface area contributed by atoms with Crippen molar-refractivity contribution in [2.45, 2.75) is 38.9 Å². The van der Waals surface area contributed by atoms with E-state index in [2.05, 4.69) is 26.9 Å². The van der Waals surface area contributed by atoms with Gasteiger partial charge in [-0.25, -0.2) is 0 Å². The van der Waals surface area contributed by atoms with Gasteiger partial charge in [0.15, 0.2) is 0 Å². The van der Waals surface area contributed by atoms with E-state index in [0.717, 1.165) is 31.2 Å². The molecule has 1 aromatic heterocycles. The number of aromatic nitrogens is 3. The van der Waals surface area contributed by atoms with Gasteiger partial charge in [-0.2, -0.15) is 0 Å². The van der Waals surface area contributed by atoms with Crippen LogP contribution < -0.4 is 0 Å². The molecule has 0 bridgehead atoms.